The molecule has 0 fully saturated rings. The first-order valence-corrected chi connectivity index (χ1v) is 7.35. The maximum Gasteiger partial charge on any atom is 0.128 e. The molecule has 0 spiro atoms. The lowest BCUT2D eigenvalue weighted by molar-refractivity contribution is 0.262. The molecule has 1 aromatic carbocycles. The van der Waals surface area contributed by atoms with E-state index in [0.717, 1.165) is 36.6 Å². The Hall–Kier alpha value is -1.48. The molecule has 1 rings (SSSR count). The van der Waals surface area contributed by atoms with Crippen LogP contribution in [0.2, 0.25) is 0 Å². The highest BCUT2D eigenvalue weighted by atomic mass is 16.5. The molecule has 1 aromatic rings. The van der Waals surface area contributed by atoms with Gasteiger partial charge < -0.3 is 14.8 Å². The summed E-state index contributed by atoms with van der Waals surface area (Å²) in [6.07, 6.45) is 2.77. The lowest BCUT2D eigenvalue weighted by Gasteiger charge is -2.17. The van der Waals surface area contributed by atoms with Crippen LogP contribution in [0.5, 0.6) is 11.5 Å². The van der Waals surface area contributed by atoms with Gasteiger partial charge in [0.25, 0.3) is 0 Å². The van der Waals surface area contributed by atoms with Crippen LogP contribution in [0.4, 0.5) is 0 Å². The molecule has 3 nitrogen and oxygen atoms in total. The fourth-order valence-electron chi connectivity index (χ4n) is 1.66. The van der Waals surface area contributed by atoms with Gasteiger partial charge in [0.15, 0.2) is 0 Å². The molecule has 1 atom stereocenters. The first-order chi connectivity index (χ1) is 9.56. The zero-order valence-corrected chi connectivity index (χ0v) is 13.1. The van der Waals surface area contributed by atoms with Crippen molar-refractivity contribution in [2.24, 2.45) is 0 Å². The monoisotopic (exact) mass is 277 g/mol. The first kappa shape index (κ1) is 16.6. The molecule has 1 unspecified atom stereocenters. The molecular weight excluding hydrogens is 250 g/mol. The Morgan fingerprint density at radius 2 is 2.05 bits per heavy atom. The largest absolute Gasteiger partial charge is 0.493 e. The minimum Gasteiger partial charge on any atom is -0.493 e. The summed E-state index contributed by atoms with van der Waals surface area (Å²) in [5, 5.41) is 3.41. The van der Waals surface area contributed by atoms with Gasteiger partial charge in [0.1, 0.15) is 17.6 Å². The highest BCUT2D eigenvalue weighted by Gasteiger charge is 2.09. The maximum absolute atomic E-state index is 5.91. The summed E-state index contributed by atoms with van der Waals surface area (Å²) < 4.78 is 11.6. The molecule has 0 saturated carbocycles. The van der Waals surface area contributed by atoms with Crippen molar-refractivity contribution in [3.63, 3.8) is 0 Å². The average Bonchev–Trinajstić information content (AvgIpc) is 2.43. The molecule has 0 radical (unpaired) electrons. The van der Waals surface area contributed by atoms with Crippen LogP contribution in [0.25, 0.3) is 0 Å². The van der Waals surface area contributed by atoms with Crippen molar-refractivity contribution in [1.29, 1.82) is 0 Å². The van der Waals surface area contributed by atoms with E-state index in [1.54, 1.807) is 6.08 Å². The van der Waals surface area contributed by atoms with Gasteiger partial charge in [-0.1, -0.05) is 39.5 Å². The fraction of sp³-hybridized carbons (Fsp3) is 0.529. The summed E-state index contributed by atoms with van der Waals surface area (Å²) in [5.41, 5.74) is 1.14. The fourth-order valence-corrected chi connectivity index (χ4v) is 1.66. The topological polar surface area (TPSA) is 30.5 Å². The van der Waals surface area contributed by atoms with E-state index in [-0.39, 0.29) is 6.10 Å². The molecule has 0 saturated heterocycles. The Kier molecular flexibility index (Phi) is 7.16. The Labute approximate surface area is 123 Å². The van der Waals surface area contributed by atoms with E-state index in [9.17, 15) is 0 Å². The molecule has 1 N–H and O–H groups in total. The molecule has 0 aromatic heterocycles. The van der Waals surface area contributed by atoms with Crippen molar-refractivity contribution < 1.29 is 9.47 Å². The van der Waals surface area contributed by atoms with E-state index in [1.807, 2.05) is 19.1 Å². The third-order valence-electron chi connectivity index (χ3n) is 2.86. The van der Waals surface area contributed by atoms with Crippen molar-refractivity contribution in [3.8, 4) is 11.5 Å². The molecule has 0 aliphatic carbocycles. The highest BCUT2D eigenvalue weighted by molar-refractivity contribution is 5.41. The van der Waals surface area contributed by atoms with Crippen LogP contribution in [0, 0.1) is 0 Å². The number of hydrogen-bond donors (Lipinski definition) is 1. The number of ether oxygens (including phenoxy) is 2. The predicted octanol–water partition coefficient (Wildman–Crippen LogP) is 3.93. The number of benzene rings is 1. The van der Waals surface area contributed by atoms with Gasteiger partial charge in [0.2, 0.25) is 0 Å². The van der Waals surface area contributed by atoms with Crippen molar-refractivity contribution in [2.45, 2.75) is 52.8 Å². The molecule has 3 heteroatoms. The van der Waals surface area contributed by atoms with Crippen molar-refractivity contribution in [2.75, 3.05) is 6.61 Å². The van der Waals surface area contributed by atoms with E-state index < -0.39 is 0 Å². The summed E-state index contributed by atoms with van der Waals surface area (Å²) >= 11 is 0. The molecule has 0 heterocycles. The van der Waals surface area contributed by atoms with Crippen LogP contribution in [-0.2, 0) is 6.54 Å². The van der Waals surface area contributed by atoms with Crippen molar-refractivity contribution in [3.05, 3.63) is 36.4 Å². The minimum atomic E-state index is -0.0192. The Balaban J connectivity index is 2.87. The van der Waals surface area contributed by atoms with Gasteiger partial charge in [-0.3, -0.25) is 0 Å². The van der Waals surface area contributed by atoms with E-state index in [4.69, 9.17) is 9.47 Å². The van der Waals surface area contributed by atoms with Crippen LogP contribution in [0.1, 0.15) is 39.7 Å². The maximum atomic E-state index is 5.91. The lowest BCUT2D eigenvalue weighted by Crippen LogP contribution is -2.22. The number of hydrogen-bond acceptors (Lipinski definition) is 3. The first-order valence-electron chi connectivity index (χ1n) is 7.35. The Morgan fingerprint density at radius 3 is 2.65 bits per heavy atom. The molecule has 0 aliphatic heterocycles. The highest BCUT2D eigenvalue weighted by Crippen LogP contribution is 2.26. The van der Waals surface area contributed by atoms with Crippen LogP contribution in [-0.4, -0.2) is 18.8 Å². The Bertz CT molecular complexity index is 415. The zero-order chi connectivity index (χ0) is 15.0. The summed E-state index contributed by atoms with van der Waals surface area (Å²) in [6, 6.07) is 6.47. The Morgan fingerprint density at radius 1 is 1.30 bits per heavy atom. The third kappa shape index (κ3) is 5.66. The normalized spacial score (nSPS) is 12.2. The summed E-state index contributed by atoms with van der Waals surface area (Å²) in [4.78, 5) is 0. The van der Waals surface area contributed by atoms with Gasteiger partial charge in [-0.25, -0.2) is 0 Å². The molecule has 0 aliphatic rings. The lowest BCUT2D eigenvalue weighted by atomic mass is 10.1. The van der Waals surface area contributed by atoms with Crippen molar-refractivity contribution >= 4 is 0 Å². The van der Waals surface area contributed by atoms with E-state index >= 15 is 0 Å². The minimum absolute atomic E-state index is 0.0192. The second-order valence-electron chi connectivity index (χ2n) is 5.21. The molecular formula is C17H27NO2. The van der Waals surface area contributed by atoms with Gasteiger partial charge in [-0.05, 0) is 19.4 Å². The van der Waals surface area contributed by atoms with Gasteiger partial charge in [-0.2, -0.15) is 0 Å². The van der Waals surface area contributed by atoms with Gasteiger partial charge >= 0.3 is 0 Å². The second-order valence-corrected chi connectivity index (χ2v) is 5.21. The molecule has 112 valence electrons. The van der Waals surface area contributed by atoms with Gasteiger partial charge in [-0.15, -0.1) is 0 Å². The van der Waals surface area contributed by atoms with E-state index in [2.05, 4.69) is 38.7 Å². The zero-order valence-electron chi connectivity index (χ0n) is 13.1. The summed E-state index contributed by atoms with van der Waals surface area (Å²) in [6.45, 7) is 13.6. The molecule has 20 heavy (non-hydrogen) atoms. The van der Waals surface area contributed by atoms with Gasteiger partial charge in [0.05, 0.1) is 6.61 Å². The van der Waals surface area contributed by atoms with Crippen LogP contribution in [0.15, 0.2) is 30.9 Å². The van der Waals surface area contributed by atoms with Crippen LogP contribution < -0.4 is 14.8 Å². The quantitative estimate of drug-likeness (QED) is 0.694. The number of rotatable bonds is 9. The van der Waals surface area contributed by atoms with E-state index in [1.165, 1.54) is 0 Å². The predicted molar refractivity (Wildman–Crippen MR) is 84.5 cm³/mol. The number of nitrogens with one attached hydrogen (secondary N) is 1. The standard InChI is InChI=1S/C17H27NO2/c1-6-10-19-16-9-8-15(12-18-13(3)4)17(11-16)20-14(5)7-2/h7-9,11,13-14,18H,2,6,10,12H2,1,3-5H3. The van der Waals surface area contributed by atoms with Crippen LogP contribution in [0.3, 0.4) is 0 Å². The molecule has 0 bridgehead atoms. The summed E-state index contributed by atoms with van der Waals surface area (Å²) in [7, 11) is 0. The molecule has 0 amide bonds. The SMILES string of the molecule is C=CC(C)Oc1cc(OCCC)ccc1CNC(C)C. The van der Waals surface area contributed by atoms with Crippen molar-refractivity contribution in [1.82, 2.24) is 5.32 Å². The second kappa shape index (κ2) is 8.64. The summed E-state index contributed by atoms with van der Waals surface area (Å²) in [5.74, 6) is 1.71. The smallest absolute Gasteiger partial charge is 0.128 e. The van der Waals surface area contributed by atoms with E-state index in [0.29, 0.717) is 6.04 Å². The van der Waals surface area contributed by atoms with Crippen LogP contribution >= 0.6 is 0 Å². The average molecular weight is 277 g/mol. The van der Waals surface area contributed by atoms with Gasteiger partial charge in [0, 0.05) is 24.2 Å². The third-order valence-corrected chi connectivity index (χ3v) is 2.86.